The van der Waals surface area contributed by atoms with Gasteiger partial charge in [0.15, 0.2) is 0 Å². The maximum absolute atomic E-state index is 12.8. The highest BCUT2D eigenvalue weighted by Crippen LogP contribution is 2.58. The normalized spacial score (nSPS) is 22.6. The summed E-state index contributed by atoms with van der Waals surface area (Å²) >= 11 is 0. The molecule has 0 heterocycles. The Hall–Kier alpha value is -2.17. The molecular weight excluding hydrogens is 328 g/mol. The van der Waals surface area contributed by atoms with Gasteiger partial charge < -0.3 is 10.6 Å². The molecule has 1 aliphatic rings. The largest absolute Gasteiger partial charge is 0.345 e. The third-order valence-electron chi connectivity index (χ3n) is 5.57. The number of Topliss-reactive ketones (excluding diaryl/α,β-unsaturated/α-hetero) is 1. The highest BCUT2D eigenvalue weighted by molar-refractivity contribution is 6.38. The van der Waals surface area contributed by atoms with Crippen LogP contribution in [0.5, 0.6) is 0 Å². The number of benzene rings is 1. The lowest BCUT2D eigenvalue weighted by Crippen LogP contribution is -2.49. The number of hydrogen-bond donors (Lipinski definition) is 2. The smallest absolute Gasteiger partial charge is 0.289 e. The van der Waals surface area contributed by atoms with Crippen molar-refractivity contribution in [1.82, 2.24) is 10.6 Å². The number of ketones is 1. The highest BCUT2D eigenvalue weighted by Gasteiger charge is 2.59. The Labute approximate surface area is 155 Å². The molecule has 2 N–H and O–H groups in total. The lowest BCUT2D eigenvalue weighted by molar-refractivity contribution is -0.140. The van der Waals surface area contributed by atoms with Crippen LogP contribution in [-0.4, -0.2) is 23.6 Å². The third kappa shape index (κ3) is 4.32. The molecule has 5 nitrogen and oxygen atoms in total. The zero-order valence-corrected chi connectivity index (χ0v) is 16.2. The van der Waals surface area contributed by atoms with Crippen LogP contribution < -0.4 is 10.6 Å². The van der Waals surface area contributed by atoms with Crippen LogP contribution in [0.4, 0.5) is 0 Å². The highest BCUT2D eigenvalue weighted by atomic mass is 16.2. The van der Waals surface area contributed by atoms with E-state index in [1.165, 1.54) is 0 Å². The SMILES string of the molecule is CCC(NC(=O)C1(CC)C[C@@H]1C(C)C)C(=O)C(=O)NCc1ccccc1. The average Bonchev–Trinajstić information content (AvgIpc) is 3.41. The standard InChI is InChI=1S/C21H30N2O3/c1-5-17(23-20(26)21(6-2)12-16(21)14(3)4)18(24)19(25)22-13-15-10-8-7-9-11-15/h7-11,14,16-17H,5-6,12-13H2,1-4H3,(H,22,25)(H,23,26)/t16-,17?,21?/m1/s1. The number of rotatable bonds is 9. The van der Waals surface area contributed by atoms with Gasteiger partial charge in [0.25, 0.3) is 5.91 Å². The summed E-state index contributed by atoms with van der Waals surface area (Å²) in [6.07, 6.45) is 2.01. The molecular formula is C21H30N2O3. The van der Waals surface area contributed by atoms with Gasteiger partial charge >= 0.3 is 0 Å². The lowest BCUT2D eigenvalue weighted by atomic mass is 9.93. The molecule has 1 saturated carbocycles. The number of hydrogen-bond acceptors (Lipinski definition) is 3. The zero-order valence-electron chi connectivity index (χ0n) is 16.2. The summed E-state index contributed by atoms with van der Waals surface area (Å²) in [7, 11) is 0. The predicted molar refractivity (Wildman–Crippen MR) is 101 cm³/mol. The van der Waals surface area contributed by atoms with Gasteiger partial charge in [0.05, 0.1) is 11.5 Å². The molecule has 1 aromatic rings. The van der Waals surface area contributed by atoms with E-state index in [1.54, 1.807) is 6.92 Å². The fourth-order valence-electron chi connectivity index (χ4n) is 3.71. The summed E-state index contributed by atoms with van der Waals surface area (Å²) in [5.74, 6) is -0.528. The molecule has 5 heteroatoms. The lowest BCUT2D eigenvalue weighted by Gasteiger charge is -2.21. The molecule has 0 radical (unpaired) electrons. The minimum absolute atomic E-state index is 0.0882. The number of carbonyl (C=O) groups excluding carboxylic acids is 3. The summed E-state index contributed by atoms with van der Waals surface area (Å²) in [6.45, 7) is 8.35. The second kappa shape index (κ2) is 8.47. The molecule has 2 unspecified atom stereocenters. The Morgan fingerprint density at radius 2 is 1.81 bits per heavy atom. The van der Waals surface area contributed by atoms with Crippen molar-refractivity contribution in [1.29, 1.82) is 0 Å². The van der Waals surface area contributed by atoms with Gasteiger partial charge in [-0.25, -0.2) is 0 Å². The van der Waals surface area contributed by atoms with Crippen LogP contribution in [0.1, 0.15) is 52.5 Å². The summed E-state index contributed by atoms with van der Waals surface area (Å²) in [4.78, 5) is 37.4. The van der Waals surface area contributed by atoms with Gasteiger partial charge in [-0.2, -0.15) is 0 Å². The molecule has 0 aliphatic heterocycles. The molecule has 26 heavy (non-hydrogen) atoms. The Bertz CT molecular complexity index is 656. The van der Waals surface area contributed by atoms with Crippen molar-refractivity contribution < 1.29 is 14.4 Å². The summed E-state index contributed by atoms with van der Waals surface area (Å²) in [5.41, 5.74) is 0.552. The van der Waals surface area contributed by atoms with Crippen molar-refractivity contribution >= 4 is 17.6 Å². The van der Waals surface area contributed by atoms with Crippen LogP contribution in [0, 0.1) is 17.3 Å². The molecule has 2 amide bonds. The predicted octanol–water partition coefficient (Wildman–Crippen LogP) is 2.84. The molecule has 1 fully saturated rings. The second-order valence-electron chi connectivity index (χ2n) is 7.53. The fraction of sp³-hybridized carbons (Fsp3) is 0.571. The fourth-order valence-corrected chi connectivity index (χ4v) is 3.71. The van der Waals surface area contributed by atoms with Crippen molar-refractivity contribution in [2.24, 2.45) is 17.3 Å². The summed E-state index contributed by atoms with van der Waals surface area (Å²) < 4.78 is 0. The van der Waals surface area contributed by atoms with Crippen LogP contribution in [0.25, 0.3) is 0 Å². The molecule has 1 aliphatic carbocycles. The van der Waals surface area contributed by atoms with Gasteiger partial charge in [-0.15, -0.1) is 0 Å². The first-order chi connectivity index (χ1) is 12.4. The van der Waals surface area contributed by atoms with E-state index < -0.39 is 17.7 Å². The van der Waals surface area contributed by atoms with Crippen molar-refractivity contribution in [3.63, 3.8) is 0 Å². The minimum Gasteiger partial charge on any atom is -0.345 e. The number of carbonyl (C=O) groups is 3. The van der Waals surface area contributed by atoms with Crippen LogP contribution >= 0.6 is 0 Å². The Kier molecular flexibility index (Phi) is 6.57. The van der Waals surface area contributed by atoms with Gasteiger partial charge in [0.2, 0.25) is 11.7 Å². The molecule has 1 aromatic carbocycles. The van der Waals surface area contributed by atoms with E-state index in [1.807, 2.05) is 37.3 Å². The molecule has 2 rings (SSSR count). The Morgan fingerprint density at radius 1 is 1.15 bits per heavy atom. The van der Waals surface area contributed by atoms with Crippen molar-refractivity contribution in [3.05, 3.63) is 35.9 Å². The molecule has 0 aromatic heterocycles. The van der Waals surface area contributed by atoms with E-state index in [2.05, 4.69) is 24.5 Å². The van der Waals surface area contributed by atoms with Crippen LogP contribution in [0.15, 0.2) is 30.3 Å². The monoisotopic (exact) mass is 358 g/mol. The van der Waals surface area contributed by atoms with Crippen molar-refractivity contribution in [2.45, 2.75) is 59.5 Å². The third-order valence-corrected chi connectivity index (χ3v) is 5.57. The Morgan fingerprint density at radius 3 is 2.31 bits per heavy atom. The average molecular weight is 358 g/mol. The number of amides is 2. The minimum atomic E-state index is -0.768. The van der Waals surface area contributed by atoms with Gasteiger partial charge in [-0.1, -0.05) is 58.0 Å². The maximum atomic E-state index is 12.8. The van der Waals surface area contributed by atoms with E-state index >= 15 is 0 Å². The van der Waals surface area contributed by atoms with Gasteiger partial charge in [-0.05, 0) is 36.7 Å². The van der Waals surface area contributed by atoms with Crippen LogP contribution in [-0.2, 0) is 20.9 Å². The van der Waals surface area contributed by atoms with Crippen molar-refractivity contribution in [3.8, 4) is 0 Å². The Balaban J connectivity index is 1.93. The number of nitrogens with one attached hydrogen (secondary N) is 2. The van der Waals surface area contributed by atoms with E-state index in [4.69, 9.17) is 0 Å². The first-order valence-corrected chi connectivity index (χ1v) is 9.52. The van der Waals surface area contributed by atoms with E-state index in [0.29, 0.717) is 24.8 Å². The molecule has 142 valence electrons. The first kappa shape index (κ1) is 20.1. The molecule has 0 bridgehead atoms. The summed E-state index contributed by atoms with van der Waals surface area (Å²) in [6, 6.07) is 8.65. The van der Waals surface area contributed by atoms with Gasteiger partial charge in [0, 0.05) is 6.54 Å². The topological polar surface area (TPSA) is 75.3 Å². The van der Waals surface area contributed by atoms with Crippen molar-refractivity contribution in [2.75, 3.05) is 0 Å². The maximum Gasteiger partial charge on any atom is 0.289 e. The first-order valence-electron chi connectivity index (χ1n) is 9.52. The van der Waals surface area contributed by atoms with Gasteiger partial charge in [-0.3, -0.25) is 14.4 Å². The van der Waals surface area contributed by atoms with Crippen LogP contribution in [0.3, 0.4) is 0 Å². The van der Waals surface area contributed by atoms with Crippen LogP contribution in [0.2, 0.25) is 0 Å². The second-order valence-corrected chi connectivity index (χ2v) is 7.53. The molecule has 0 spiro atoms. The van der Waals surface area contributed by atoms with E-state index in [9.17, 15) is 14.4 Å². The quantitative estimate of drug-likeness (QED) is 0.667. The van der Waals surface area contributed by atoms with Gasteiger partial charge in [0.1, 0.15) is 0 Å². The summed E-state index contributed by atoms with van der Waals surface area (Å²) in [5, 5.41) is 5.48. The molecule has 3 atom stereocenters. The van der Waals surface area contributed by atoms with E-state index in [-0.39, 0.29) is 11.3 Å². The zero-order chi connectivity index (χ0) is 19.3. The molecule has 0 saturated heterocycles. The van der Waals surface area contributed by atoms with E-state index in [0.717, 1.165) is 18.4 Å².